The summed E-state index contributed by atoms with van der Waals surface area (Å²) in [6, 6.07) is 0. The summed E-state index contributed by atoms with van der Waals surface area (Å²) in [7, 11) is 0. The first-order valence-electron chi connectivity index (χ1n) is 7.40. The molecule has 2 nitrogen and oxygen atoms in total. The van der Waals surface area contributed by atoms with Gasteiger partial charge >= 0.3 is 0 Å². The standard InChI is InChI=1S/C15H26O2S/c1-14(2)15(3,6-7-18-14)17-10-16-13-9-11-4-5-12(13)8-11/h11-13H,4-10H2,1-3H3. The van der Waals surface area contributed by atoms with Crippen LogP contribution in [-0.2, 0) is 9.47 Å². The minimum Gasteiger partial charge on any atom is -0.352 e. The Balaban J connectivity index is 1.47. The smallest absolute Gasteiger partial charge is 0.147 e. The molecule has 0 amide bonds. The van der Waals surface area contributed by atoms with Crippen LogP contribution in [0.4, 0.5) is 0 Å². The van der Waals surface area contributed by atoms with Gasteiger partial charge in [0.25, 0.3) is 0 Å². The fourth-order valence-corrected chi connectivity index (χ4v) is 5.31. The Kier molecular flexibility index (Phi) is 3.44. The van der Waals surface area contributed by atoms with Gasteiger partial charge in [-0.3, -0.25) is 0 Å². The maximum absolute atomic E-state index is 6.13. The van der Waals surface area contributed by atoms with Crippen LogP contribution in [0.5, 0.6) is 0 Å². The molecule has 3 fully saturated rings. The average molecular weight is 270 g/mol. The Morgan fingerprint density at radius 2 is 2.00 bits per heavy atom. The van der Waals surface area contributed by atoms with Crippen LogP contribution >= 0.6 is 11.8 Å². The number of ether oxygens (including phenoxy) is 2. The quantitative estimate of drug-likeness (QED) is 0.723. The van der Waals surface area contributed by atoms with Gasteiger partial charge in [0, 0.05) is 4.75 Å². The van der Waals surface area contributed by atoms with Crippen molar-refractivity contribution in [3.05, 3.63) is 0 Å². The van der Waals surface area contributed by atoms with Gasteiger partial charge in [0.1, 0.15) is 6.79 Å². The molecule has 3 aliphatic rings. The minimum atomic E-state index is -0.0186. The zero-order valence-electron chi connectivity index (χ0n) is 11.9. The molecule has 0 N–H and O–H groups in total. The Morgan fingerprint density at radius 1 is 1.17 bits per heavy atom. The lowest BCUT2D eigenvalue weighted by Gasteiger charge is -2.37. The summed E-state index contributed by atoms with van der Waals surface area (Å²) < 4.78 is 12.4. The van der Waals surface area contributed by atoms with Crippen molar-refractivity contribution in [3.8, 4) is 0 Å². The van der Waals surface area contributed by atoms with Crippen LogP contribution in [0, 0.1) is 11.8 Å². The van der Waals surface area contributed by atoms with Gasteiger partial charge in [-0.2, -0.15) is 11.8 Å². The summed E-state index contributed by atoms with van der Waals surface area (Å²) in [5.74, 6) is 2.99. The van der Waals surface area contributed by atoms with Gasteiger partial charge in [-0.15, -0.1) is 0 Å². The first-order chi connectivity index (χ1) is 8.50. The van der Waals surface area contributed by atoms with E-state index in [2.05, 4.69) is 20.8 Å². The largest absolute Gasteiger partial charge is 0.352 e. The Labute approximate surface area is 115 Å². The third kappa shape index (κ3) is 2.23. The molecular formula is C15H26O2S. The highest BCUT2D eigenvalue weighted by molar-refractivity contribution is 8.01. The van der Waals surface area contributed by atoms with E-state index in [-0.39, 0.29) is 10.3 Å². The fourth-order valence-electron chi connectivity index (χ4n) is 3.84. The molecule has 2 bridgehead atoms. The Morgan fingerprint density at radius 3 is 2.56 bits per heavy atom. The number of hydrogen-bond acceptors (Lipinski definition) is 3. The maximum atomic E-state index is 6.13. The first kappa shape index (κ1) is 13.3. The molecule has 104 valence electrons. The average Bonchev–Trinajstić information content (AvgIpc) is 2.95. The van der Waals surface area contributed by atoms with Gasteiger partial charge in [-0.05, 0) is 70.5 Å². The molecule has 1 heterocycles. The summed E-state index contributed by atoms with van der Waals surface area (Å²) in [6.07, 6.45) is 7.14. The van der Waals surface area contributed by atoms with Crippen molar-refractivity contribution in [3.63, 3.8) is 0 Å². The third-order valence-electron chi connectivity index (χ3n) is 5.65. The molecule has 2 aliphatic carbocycles. The molecule has 4 atom stereocenters. The molecule has 3 rings (SSSR count). The van der Waals surface area contributed by atoms with E-state index in [1.165, 1.54) is 31.4 Å². The lowest BCUT2D eigenvalue weighted by atomic mass is 9.89. The van der Waals surface area contributed by atoms with Crippen LogP contribution in [0.3, 0.4) is 0 Å². The van der Waals surface area contributed by atoms with Crippen LogP contribution in [0.15, 0.2) is 0 Å². The normalized spacial score (nSPS) is 45.8. The molecule has 1 aliphatic heterocycles. The summed E-state index contributed by atoms with van der Waals surface area (Å²) in [5.41, 5.74) is -0.0186. The molecule has 1 saturated heterocycles. The lowest BCUT2D eigenvalue weighted by Crippen LogP contribution is -2.44. The summed E-state index contributed by atoms with van der Waals surface area (Å²) in [4.78, 5) is 0. The van der Waals surface area contributed by atoms with Crippen LogP contribution in [0.25, 0.3) is 0 Å². The zero-order chi connectivity index (χ0) is 12.8. The van der Waals surface area contributed by atoms with E-state index in [0.29, 0.717) is 12.9 Å². The van der Waals surface area contributed by atoms with Crippen molar-refractivity contribution in [2.24, 2.45) is 11.8 Å². The molecule has 0 aromatic heterocycles. The molecular weight excluding hydrogens is 244 g/mol. The van der Waals surface area contributed by atoms with Gasteiger partial charge in [0.05, 0.1) is 11.7 Å². The summed E-state index contributed by atoms with van der Waals surface area (Å²) in [6.45, 7) is 7.33. The van der Waals surface area contributed by atoms with E-state index in [1.54, 1.807) is 0 Å². The van der Waals surface area contributed by atoms with Crippen molar-refractivity contribution < 1.29 is 9.47 Å². The lowest BCUT2D eigenvalue weighted by molar-refractivity contribution is -0.170. The van der Waals surface area contributed by atoms with Gasteiger partial charge < -0.3 is 9.47 Å². The van der Waals surface area contributed by atoms with Crippen molar-refractivity contribution in [2.75, 3.05) is 12.5 Å². The van der Waals surface area contributed by atoms with E-state index >= 15 is 0 Å². The van der Waals surface area contributed by atoms with Gasteiger partial charge in [-0.1, -0.05) is 0 Å². The van der Waals surface area contributed by atoms with Crippen LogP contribution < -0.4 is 0 Å². The van der Waals surface area contributed by atoms with Crippen molar-refractivity contribution in [2.45, 2.75) is 69.3 Å². The highest BCUT2D eigenvalue weighted by Gasteiger charge is 2.47. The first-order valence-corrected chi connectivity index (χ1v) is 8.38. The highest BCUT2D eigenvalue weighted by Crippen LogP contribution is 2.48. The summed E-state index contributed by atoms with van der Waals surface area (Å²) in [5, 5.41) is 0. The van der Waals surface area contributed by atoms with Crippen molar-refractivity contribution in [1.29, 1.82) is 0 Å². The number of rotatable bonds is 4. The molecule has 0 aromatic rings. The van der Waals surface area contributed by atoms with Crippen molar-refractivity contribution >= 4 is 11.8 Å². The fraction of sp³-hybridized carbons (Fsp3) is 1.00. The number of thioether (sulfide) groups is 1. The van der Waals surface area contributed by atoms with Crippen LogP contribution in [0.2, 0.25) is 0 Å². The Hall–Kier alpha value is 0.270. The molecule has 0 radical (unpaired) electrons. The second kappa shape index (κ2) is 4.68. The van der Waals surface area contributed by atoms with Crippen molar-refractivity contribution in [1.82, 2.24) is 0 Å². The summed E-state index contributed by atoms with van der Waals surface area (Å²) >= 11 is 2.02. The van der Waals surface area contributed by atoms with E-state index in [1.807, 2.05) is 11.8 Å². The maximum Gasteiger partial charge on any atom is 0.147 e. The number of hydrogen-bond donors (Lipinski definition) is 0. The van der Waals surface area contributed by atoms with Gasteiger partial charge in [0.2, 0.25) is 0 Å². The molecule has 2 saturated carbocycles. The van der Waals surface area contributed by atoms with E-state index in [4.69, 9.17) is 9.47 Å². The monoisotopic (exact) mass is 270 g/mol. The highest BCUT2D eigenvalue weighted by atomic mass is 32.2. The van der Waals surface area contributed by atoms with E-state index in [0.717, 1.165) is 18.3 Å². The molecule has 4 unspecified atom stereocenters. The SMILES string of the molecule is CC1(OCOC2CC3CCC2C3)CCSC1(C)C. The predicted octanol–water partition coefficient (Wildman–Crippen LogP) is 3.84. The van der Waals surface area contributed by atoms with Crippen LogP contribution in [0.1, 0.15) is 52.9 Å². The van der Waals surface area contributed by atoms with Crippen LogP contribution in [-0.4, -0.2) is 29.0 Å². The van der Waals surface area contributed by atoms with Gasteiger partial charge in [-0.25, -0.2) is 0 Å². The molecule has 0 aromatic carbocycles. The topological polar surface area (TPSA) is 18.5 Å². The molecule has 18 heavy (non-hydrogen) atoms. The molecule has 0 spiro atoms. The van der Waals surface area contributed by atoms with E-state index in [9.17, 15) is 0 Å². The predicted molar refractivity (Wildman–Crippen MR) is 75.8 cm³/mol. The van der Waals surface area contributed by atoms with Gasteiger partial charge in [0.15, 0.2) is 0 Å². The second-order valence-corrected chi connectivity index (χ2v) is 8.70. The van der Waals surface area contributed by atoms with E-state index < -0.39 is 0 Å². The Bertz CT molecular complexity index is 318. The minimum absolute atomic E-state index is 0.0186. The zero-order valence-corrected chi connectivity index (χ0v) is 12.7. The number of fused-ring (bicyclic) bond motifs is 2. The second-order valence-electron chi connectivity index (χ2n) is 6.98. The third-order valence-corrected chi connectivity index (χ3v) is 7.21. The molecule has 3 heteroatoms.